The Bertz CT molecular complexity index is 598. The molecule has 0 aromatic heterocycles. The van der Waals surface area contributed by atoms with E-state index >= 15 is 0 Å². The highest BCUT2D eigenvalue weighted by Crippen LogP contribution is 2.47. The molecule has 0 fully saturated rings. The number of ether oxygens (including phenoxy) is 1. The summed E-state index contributed by atoms with van der Waals surface area (Å²) in [5.41, 5.74) is 0.713. The van der Waals surface area contributed by atoms with E-state index in [1.165, 1.54) is 25.3 Å². The third kappa shape index (κ3) is 5.65. The van der Waals surface area contributed by atoms with Gasteiger partial charge in [-0.15, -0.1) is 0 Å². The van der Waals surface area contributed by atoms with Gasteiger partial charge in [-0.05, 0) is 23.3 Å². The molecule has 1 aromatic carbocycles. The molecule has 0 heterocycles. The molecule has 0 aliphatic carbocycles. The van der Waals surface area contributed by atoms with Gasteiger partial charge in [-0.2, -0.15) is 0 Å². The number of methoxy groups -OCH3 is 1. The van der Waals surface area contributed by atoms with Gasteiger partial charge in [0, 0.05) is 14.2 Å². The van der Waals surface area contributed by atoms with Crippen LogP contribution < -0.4 is 0 Å². The standard InChI is InChI=1S/C12H18O8P2/c1-18-12(13)11-5-9(7-21(14,15)19-2)4-10(6-11)8-22(16,17)20-3/h4-6H,7-8H2,1-3H3,(H,14,15)(H,16,17). The van der Waals surface area contributed by atoms with Gasteiger partial charge in [0.25, 0.3) is 0 Å². The van der Waals surface area contributed by atoms with Crippen LogP contribution in [0.4, 0.5) is 0 Å². The number of esters is 1. The van der Waals surface area contributed by atoms with Gasteiger partial charge in [-0.3, -0.25) is 9.13 Å². The second-order valence-corrected chi connectivity index (χ2v) is 8.40. The topological polar surface area (TPSA) is 119 Å². The molecular weight excluding hydrogens is 334 g/mol. The first-order valence-electron chi connectivity index (χ1n) is 6.08. The molecular formula is C12H18O8P2. The number of carbonyl (C=O) groups excluding carboxylic acids is 1. The van der Waals surface area contributed by atoms with Crippen LogP contribution in [-0.2, 0) is 35.2 Å². The zero-order chi connectivity index (χ0) is 17.0. The van der Waals surface area contributed by atoms with Gasteiger partial charge in [-0.1, -0.05) is 6.07 Å². The maximum absolute atomic E-state index is 11.6. The second kappa shape index (κ2) is 7.51. The van der Waals surface area contributed by atoms with E-state index in [9.17, 15) is 23.7 Å². The average molecular weight is 352 g/mol. The van der Waals surface area contributed by atoms with E-state index < -0.39 is 21.2 Å². The Balaban J connectivity index is 3.24. The molecule has 0 aliphatic heterocycles. The maximum Gasteiger partial charge on any atom is 0.337 e. The molecule has 1 rings (SSSR count). The minimum absolute atomic E-state index is 0.0993. The lowest BCUT2D eigenvalue weighted by Crippen LogP contribution is -2.04. The van der Waals surface area contributed by atoms with Crippen molar-refractivity contribution in [3.8, 4) is 0 Å². The van der Waals surface area contributed by atoms with Crippen molar-refractivity contribution in [2.75, 3.05) is 21.3 Å². The van der Waals surface area contributed by atoms with Crippen molar-refractivity contribution in [3.05, 3.63) is 34.9 Å². The Labute approximate surface area is 128 Å². The van der Waals surface area contributed by atoms with Gasteiger partial charge in [0.1, 0.15) is 0 Å². The third-order valence-electron chi connectivity index (χ3n) is 2.81. The SMILES string of the molecule is COC(=O)c1cc(CP(=O)(O)OC)cc(CP(=O)(O)OC)c1. The quantitative estimate of drug-likeness (QED) is 0.566. The molecule has 2 unspecified atom stereocenters. The summed E-state index contributed by atoms with van der Waals surface area (Å²) in [5.74, 6) is -0.668. The summed E-state index contributed by atoms with van der Waals surface area (Å²) in [6.07, 6.45) is -0.686. The monoisotopic (exact) mass is 352 g/mol. The minimum atomic E-state index is -3.85. The number of hydrogen-bond donors (Lipinski definition) is 2. The second-order valence-electron chi connectivity index (χ2n) is 4.49. The molecule has 2 N–H and O–H groups in total. The molecule has 0 amide bonds. The summed E-state index contributed by atoms with van der Waals surface area (Å²) < 4.78 is 36.9. The largest absolute Gasteiger partial charge is 0.465 e. The molecule has 1 aromatic rings. The first kappa shape index (κ1) is 19.0. The molecule has 0 spiro atoms. The van der Waals surface area contributed by atoms with E-state index in [0.29, 0.717) is 11.1 Å². The van der Waals surface area contributed by atoms with E-state index in [-0.39, 0.29) is 17.9 Å². The van der Waals surface area contributed by atoms with Crippen LogP contribution in [0.5, 0.6) is 0 Å². The smallest absolute Gasteiger partial charge is 0.337 e. The molecule has 2 atom stereocenters. The van der Waals surface area contributed by atoms with E-state index in [0.717, 1.165) is 14.2 Å². The fourth-order valence-corrected chi connectivity index (χ4v) is 3.32. The molecule has 0 aliphatic rings. The zero-order valence-electron chi connectivity index (χ0n) is 12.4. The Morgan fingerprint density at radius 2 is 1.36 bits per heavy atom. The summed E-state index contributed by atoms with van der Waals surface area (Å²) in [5, 5.41) is 0. The summed E-state index contributed by atoms with van der Waals surface area (Å²) >= 11 is 0. The van der Waals surface area contributed by atoms with Gasteiger partial charge in [0.05, 0.1) is 25.0 Å². The van der Waals surface area contributed by atoms with E-state index in [1.54, 1.807) is 0 Å². The first-order chi connectivity index (χ1) is 10.1. The van der Waals surface area contributed by atoms with Crippen LogP contribution in [0, 0.1) is 0 Å². The van der Waals surface area contributed by atoms with Crippen molar-refractivity contribution in [2.45, 2.75) is 12.3 Å². The minimum Gasteiger partial charge on any atom is -0.465 e. The van der Waals surface area contributed by atoms with Crippen LogP contribution in [0.25, 0.3) is 0 Å². The van der Waals surface area contributed by atoms with Gasteiger partial charge >= 0.3 is 21.2 Å². The van der Waals surface area contributed by atoms with Crippen LogP contribution in [-0.4, -0.2) is 37.1 Å². The van der Waals surface area contributed by atoms with E-state index in [1.807, 2.05) is 0 Å². The van der Waals surface area contributed by atoms with Crippen LogP contribution in [0.2, 0.25) is 0 Å². The Kier molecular flexibility index (Phi) is 6.50. The van der Waals surface area contributed by atoms with E-state index in [4.69, 9.17) is 0 Å². The van der Waals surface area contributed by atoms with Crippen molar-refractivity contribution in [1.82, 2.24) is 0 Å². The van der Waals surface area contributed by atoms with Crippen molar-refractivity contribution in [1.29, 1.82) is 0 Å². The van der Waals surface area contributed by atoms with Crippen LogP contribution in [0.3, 0.4) is 0 Å². The molecule has 0 radical (unpaired) electrons. The lowest BCUT2D eigenvalue weighted by molar-refractivity contribution is 0.0600. The highest BCUT2D eigenvalue weighted by atomic mass is 31.2. The Hall–Kier alpha value is -1.01. The molecule has 10 heteroatoms. The number of carbonyl (C=O) groups is 1. The molecule has 8 nitrogen and oxygen atoms in total. The molecule has 0 bridgehead atoms. The lowest BCUT2D eigenvalue weighted by Gasteiger charge is -2.13. The van der Waals surface area contributed by atoms with Gasteiger partial charge in [0.2, 0.25) is 0 Å². The fourth-order valence-electron chi connectivity index (χ4n) is 1.77. The van der Waals surface area contributed by atoms with Crippen LogP contribution >= 0.6 is 15.2 Å². The van der Waals surface area contributed by atoms with Crippen molar-refractivity contribution in [2.24, 2.45) is 0 Å². The fraction of sp³-hybridized carbons (Fsp3) is 0.417. The molecule has 0 saturated heterocycles. The highest BCUT2D eigenvalue weighted by Gasteiger charge is 2.23. The summed E-state index contributed by atoms with van der Waals surface area (Å²) in [6, 6.07) is 4.18. The normalized spacial score (nSPS) is 16.6. The average Bonchev–Trinajstić information content (AvgIpc) is 2.45. The van der Waals surface area contributed by atoms with E-state index in [2.05, 4.69) is 13.8 Å². The molecule has 0 saturated carbocycles. The van der Waals surface area contributed by atoms with Gasteiger partial charge in [-0.25, -0.2) is 4.79 Å². The predicted molar refractivity (Wildman–Crippen MR) is 78.9 cm³/mol. The summed E-state index contributed by atoms with van der Waals surface area (Å²) in [6.45, 7) is 0. The van der Waals surface area contributed by atoms with Crippen molar-refractivity contribution in [3.63, 3.8) is 0 Å². The molecule has 22 heavy (non-hydrogen) atoms. The Morgan fingerprint density at radius 1 is 0.955 bits per heavy atom. The predicted octanol–water partition coefficient (Wildman–Crippen LogP) is 2.14. The van der Waals surface area contributed by atoms with Gasteiger partial charge in [0.15, 0.2) is 0 Å². The highest BCUT2D eigenvalue weighted by molar-refractivity contribution is 7.52. The number of rotatable bonds is 7. The van der Waals surface area contributed by atoms with Crippen molar-refractivity contribution < 1.29 is 37.5 Å². The molecule has 124 valence electrons. The first-order valence-corrected chi connectivity index (χ1v) is 9.61. The summed E-state index contributed by atoms with van der Waals surface area (Å²) in [7, 11) is -4.31. The maximum atomic E-state index is 11.6. The summed E-state index contributed by atoms with van der Waals surface area (Å²) in [4.78, 5) is 30.7. The Morgan fingerprint density at radius 3 is 1.68 bits per heavy atom. The van der Waals surface area contributed by atoms with Gasteiger partial charge < -0.3 is 23.6 Å². The van der Waals surface area contributed by atoms with Crippen molar-refractivity contribution >= 4 is 21.2 Å². The zero-order valence-corrected chi connectivity index (χ0v) is 14.2. The van der Waals surface area contributed by atoms with Crippen LogP contribution in [0.1, 0.15) is 21.5 Å². The number of benzene rings is 1. The van der Waals surface area contributed by atoms with Crippen LogP contribution in [0.15, 0.2) is 18.2 Å². The lowest BCUT2D eigenvalue weighted by atomic mass is 10.1. The third-order valence-corrected chi connectivity index (χ3v) is 5.48. The number of hydrogen-bond acceptors (Lipinski definition) is 6.